The molecule has 1 heterocycles. The van der Waals surface area contributed by atoms with E-state index in [4.69, 9.17) is 4.74 Å². The van der Waals surface area contributed by atoms with Crippen molar-refractivity contribution in [1.82, 2.24) is 4.90 Å². The molecule has 3 rings (SSSR count). The number of anilines is 1. The van der Waals surface area contributed by atoms with Gasteiger partial charge in [0.1, 0.15) is 5.37 Å². The summed E-state index contributed by atoms with van der Waals surface area (Å²) in [6, 6.07) is 12.6. The molecular formula is C21H26N2O3S. The van der Waals surface area contributed by atoms with Crippen LogP contribution in [0.25, 0.3) is 10.8 Å². The van der Waals surface area contributed by atoms with Crippen molar-refractivity contribution in [2.45, 2.75) is 25.1 Å². The lowest BCUT2D eigenvalue weighted by Crippen LogP contribution is -2.29. The number of carbonyl (C=O) groups excluding carboxylic acids is 2. The van der Waals surface area contributed by atoms with Crippen molar-refractivity contribution in [3.8, 4) is 0 Å². The molecule has 0 spiro atoms. The Labute approximate surface area is 164 Å². The first kappa shape index (κ1) is 19.5. The number of esters is 1. The molecule has 0 bridgehead atoms. The minimum absolute atomic E-state index is 0.0131. The standard InChI is InChI=1S/C21H26N2O3S/c1-4-26-20(25)10-7-13-23-19(24)14-27-21(23)17-11-12-18(22(2)3)16-9-6-5-8-15(16)17/h5-6,8-9,11-12,21H,4,7,10,13-14H2,1-3H3. The molecule has 27 heavy (non-hydrogen) atoms. The number of thioether (sulfide) groups is 1. The minimum atomic E-state index is -0.200. The van der Waals surface area contributed by atoms with Crippen LogP contribution in [0.1, 0.15) is 30.7 Å². The van der Waals surface area contributed by atoms with Gasteiger partial charge in [-0.05, 0) is 30.4 Å². The summed E-state index contributed by atoms with van der Waals surface area (Å²) in [4.78, 5) is 28.1. The van der Waals surface area contributed by atoms with E-state index in [2.05, 4.69) is 29.2 Å². The summed E-state index contributed by atoms with van der Waals surface area (Å²) in [6.07, 6.45) is 0.963. The second kappa shape index (κ2) is 8.65. The van der Waals surface area contributed by atoms with Crippen LogP contribution >= 0.6 is 11.8 Å². The lowest BCUT2D eigenvalue weighted by Gasteiger charge is -2.26. The topological polar surface area (TPSA) is 49.9 Å². The molecule has 1 unspecified atom stereocenters. The molecule has 1 amide bonds. The number of ether oxygens (including phenoxy) is 1. The van der Waals surface area contributed by atoms with Crippen LogP contribution < -0.4 is 4.90 Å². The molecule has 5 nitrogen and oxygen atoms in total. The van der Waals surface area contributed by atoms with Gasteiger partial charge >= 0.3 is 5.97 Å². The fraction of sp³-hybridized carbons (Fsp3) is 0.429. The molecule has 2 aromatic rings. The lowest BCUT2D eigenvalue weighted by atomic mass is 10.0. The quantitative estimate of drug-likeness (QED) is 0.677. The monoisotopic (exact) mass is 386 g/mol. The lowest BCUT2D eigenvalue weighted by molar-refractivity contribution is -0.143. The molecule has 6 heteroatoms. The molecule has 0 N–H and O–H groups in total. The van der Waals surface area contributed by atoms with Gasteiger partial charge in [-0.2, -0.15) is 0 Å². The Kier molecular flexibility index (Phi) is 6.26. The molecule has 1 fully saturated rings. The number of nitrogens with zero attached hydrogens (tertiary/aromatic N) is 2. The third-order valence-electron chi connectivity index (χ3n) is 4.74. The number of carbonyl (C=O) groups is 2. The summed E-state index contributed by atoms with van der Waals surface area (Å²) >= 11 is 1.66. The van der Waals surface area contributed by atoms with Crippen LogP contribution in [0.5, 0.6) is 0 Å². The fourth-order valence-corrected chi connectivity index (χ4v) is 4.75. The maximum absolute atomic E-state index is 12.5. The number of benzene rings is 2. The molecule has 1 atom stereocenters. The average molecular weight is 387 g/mol. The fourth-order valence-electron chi connectivity index (χ4n) is 3.49. The van der Waals surface area contributed by atoms with Crippen LogP contribution in [0.4, 0.5) is 5.69 Å². The zero-order valence-corrected chi connectivity index (χ0v) is 16.9. The van der Waals surface area contributed by atoms with Crippen molar-refractivity contribution in [2.75, 3.05) is 37.9 Å². The summed E-state index contributed by atoms with van der Waals surface area (Å²) in [5, 5.41) is 2.35. The normalized spacial score (nSPS) is 16.8. The van der Waals surface area contributed by atoms with Crippen molar-refractivity contribution in [1.29, 1.82) is 0 Å². The van der Waals surface area contributed by atoms with Crippen LogP contribution in [0, 0.1) is 0 Å². The predicted octanol–water partition coefficient (Wildman–Crippen LogP) is 3.82. The summed E-state index contributed by atoms with van der Waals surface area (Å²) in [6.45, 7) is 2.76. The van der Waals surface area contributed by atoms with Crippen LogP contribution in [0.2, 0.25) is 0 Å². The Morgan fingerprint density at radius 2 is 1.96 bits per heavy atom. The molecule has 0 saturated carbocycles. The van der Waals surface area contributed by atoms with E-state index in [-0.39, 0.29) is 17.3 Å². The highest BCUT2D eigenvalue weighted by Gasteiger charge is 2.33. The molecule has 0 aromatic heterocycles. The number of fused-ring (bicyclic) bond motifs is 1. The number of rotatable bonds is 7. The zero-order chi connectivity index (χ0) is 19.4. The van der Waals surface area contributed by atoms with E-state index < -0.39 is 0 Å². The summed E-state index contributed by atoms with van der Waals surface area (Å²) in [5.41, 5.74) is 2.32. The van der Waals surface area contributed by atoms with E-state index in [0.717, 1.165) is 11.3 Å². The van der Waals surface area contributed by atoms with Gasteiger partial charge in [0.05, 0.1) is 12.4 Å². The molecule has 2 aromatic carbocycles. The van der Waals surface area contributed by atoms with Gasteiger partial charge in [0, 0.05) is 38.1 Å². The second-order valence-corrected chi connectivity index (χ2v) is 7.84. The van der Waals surface area contributed by atoms with Gasteiger partial charge < -0.3 is 14.5 Å². The highest BCUT2D eigenvalue weighted by Crippen LogP contribution is 2.43. The van der Waals surface area contributed by atoms with Gasteiger partial charge in [0.25, 0.3) is 0 Å². The molecule has 1 aliphatic heterocycles. The Morgan fingerprint density at radius 1 is 1.22 bits per heavy atom. The summed E-state index contributed by atoms with van der Waals surface area (Å²) in [5.74, 6) is 0.414. The molecule has 1 saturated heterocycles. The molecule has 1 aliphatic rings. The van der Waals surface area contributed by atoms with Gasteiger partial charge in [0.2, 0.25) is 5.91 Å². The van der Waals surface area contributed by atoms with E-state index in [9.17, 15) is 9.59 Å². The molecule has 144 valence electrons. The highest BCUT2D eigenvalue weighted by molar-refractivity contribution is 8.00. The summed E-state index contributed by atoms with van der Waals surface area (Å²) < 4.78 is 4.99. The smallest absolute Gasteiger partial charge is 0.305 e. The highest BCUT2D eigenvalue weighted by atomic mass is 32.2. The van der Waals surface area contributed by atoms with Gasteiger partial charge in [-0.25, -0.2) is 0 Å². The third kappa shape index (κ3) is 4.21. The third-order valence-corrected chi connectivity index (χ3v) is 5.97. The van der Waals surface area contributed by atoms with E-state index in [0.29, 0.717) is 31.7 Å². The summed E-state index contributed by atoms with van der Waals surface area (Å²) in [7, 11) is 4.08. The second-order valence-electron chi connectivity index (χ2n) is 6.77. The first-order valence-corrected chi connectivity index (χ1v) is 10.3. The van der Waals surface area contributed by atoms with Crippen LogP contribution in [-0.4, -0.2) is 49.8 Å². The molecule has 0 aliphatic carbocycles. The Morgan fingerprint density at radius 3 is 2.67 bits per heavy atom. The van der Waals surface area contributed by atoms with Crippen molar-refractivity contribution in [2.24, 2.45) is 0 Å². The SMILES string of the molecule is CCOC(=O)CCCN1C(=O)CSC1c1ccc(N(C)C)c2ccccc12. The number of amides is 1. The van der Waals surface area contributed by atoms with Crippen molar-refractivity contribution in [3.05, 3.63) is 42.0 Å². The maximum Gasteiger partial charge on any atom is 0.305 e. The average Bonchev–Trinajstić information content (AvgIpc) is 3.01. The van der Waals surface area contributed by atoms with Crippen LogP contribution in [0.15, 0.2) is 36.4 Å². The Balaban J connectivity index is 1.85. The van der Waals surface area contributed by atoms with E-state index in [1.54, 1.807) is 18.7 Å². The first-order chi connectivity index (χ1) is 13.0. The van der Waals surface area contributed by atoms with E-state index >= 15 is 0 Å². The molecular weight excluding hydrogens is 360 g/mol. The van der Waals surface area contributed by atoms with Gasteiger partial charge in [-0.3, -0.25) is 9.59 Å². The van der Waals surface area contributed by atoms with Crippen LogP contribution in [-0.2, 0) is 14.3 Å². The van der Waals surface area contributed by atoms with Crippen molar-refractivity contribution < 1.29 is 14.3 Å². The van der Waals surface area contributed by atoms with Gasteiger partial charge in [-0.1, -0.05) is 30.3 Å². The largest absolute Gasteiger partial charge is 0.466 e. The number of hydrogen-bond acceptors (Lipinski definition) is 5. The van der Waals surface area contributed by atoms with Crippen molar-refractivity contribution >= 4 is 40.1 Å². The zero-order valence-electron chi connectivity index (χ0n) is 16.1. The van der Waals surface area contributed by atoms with Gasteiger partial charge in [0.15, 0.2) is 0 Å². The van der Waals surface area contributed by atoms with Crippen LogP contribution in [0.3, 0.4) is 0 Å². The van der Waals surface area contributed by atoms with E-state index in [1.165, 1.54) is 10.8 Å². The minimum Gasteiger partial charge on any atom is -0.466 e. The maximum atomic E-state index is 12.5. The molecule has 0 radical (unpaired) electrons. The Bertz CT molecular complexity index is 837. The number of hydrogen-bond donors (Lipinski definition) is 0. The first-order valence-electron chi connectivity index (χ1n) is 9.28. The predicted molar refractivity (Wildman–Crippen MR) is 111 cm³/mol. The van der Waals surface area contributed by atoms with Crippen molar-refractivity contribution in [3.63, 3.8) is 0 Å². The van der Waals surface area contributed by atoms with E-state index in [1.807, 2.05) is 31.1 Å². The Hall–Kier alpha value is -2.21. The van der Waals surface area contributed by atoms with Gasteiger partial charge in [-0.15, -0.1) is 11.8 Å².